The number of ketones is 1. The zero-order valence-corrected chi connectivity index (χ0v) is 13.6. The third-order valence-corrected chi connectivity index (χ3v) is 3.43. The molecule has 0 heterocycles. The lowest BCUT2D eigenvalue weighted by Crippen LogP contribution is -2.03. The molecule has 126 valence electrons. The Balaban J connectivity index is 2.47. The van der Waals surface area contributed by atoms with Gasteiger partial charge in [-0.2, -0.15) is 0 Å². The molecule has 0 aliphatic rings. The predicted octanol–water partition coefficient (Wildman–Crippen LogP) is 3.02. The lowest BCUT2D eigenvalue weighted by molar-refractivity contribution is 0.104. The number of phenolic OH excluding ortho intramolecular Hbond substituents is 2. The number of para-hydroxylation sites is 1. The Morgan fingerprint density at radius 2 is 1.67 bits per heavy atom. The van der Waals surface area contributed by atoms with Gasteiger partial charge in [0.05, 0.1) is 21.3 Å². The summed E-state index contributed by atoms with van der Waals surface area (Å²) in [5.74, 6) is -0.401. The third kappa shape index (κ3) is 3.27. The predicted molar refractivity (Wildman–Crippen MR) is 89.2 cm³/mol. The smallest absolute Gasteiger partial charge is 0.204 e. The molecule has 0 amide bonds. The molecule has 24 heavy (non-hydrogen) atoms. The average molecular weight is 330 g/mol. The highest BCUT2D eigenvalue weighted by molar-refractivity contribution is 6.11. The van der Waals surface area contributed by atoms with Crippen molar-refractivity contribution >= 4 is 11.9 Å². The second-order valence-electron chi connectivity index (χ2n) is 4.79. The molecule has 6 nitrogen and oxygen atoms in total. The number of benzene rings is 2. The minimum atomic E-state index is -0.506. The molecule has 0 saturated heterocycles. The molecular weight excluding hydrogens is 312 g/mol. The topological polar surface area (TPSA) is 85.2 Å². The van der Waals surface area contributed by atoms with E-state index in [9.17, 15) is 15.0 Å². The number of allylic oxidation sites excluding steroid dienone is 1. The van der Waals surface area contributed by atoms with Crippen LogP contribution < -0.4 is 14.2 Å². The highest BCUT2D eigenvalue weighted by atomic mass is 16.5. The molecule has 0 bridgehead atoms. The summed E-state index contributed by atoms with van der Waals surface area (Å²) >= 11 is 0. The van der Waals surface area contributed by atoms with Gasteiger partial charge < -0.3 is 24.4 Å². The molecule has 2 N–H and O–H groups in total. The van der Waals surface area contributed by atoms with E-state index in [0.29, 0.717) is 5.56 Å². The van der Waals surface area contributed by atoms with Crippen molar-refractivity contribution in [3.05, 3.63) is 47.5 Å². The summed E-state index contributed by atoms with van der Waals surface area (Å²) in [4.78, 5) is 12.5. The van der Waals surface area contributed by atoms with Gasteiger partial charge in [-0.1, -0.05) is 18.2 Å². The fraction of sp³-hybridized carbons (Fsp3) is 0.167. The normalized spacial score (nSPS) is 10.6. The molecule has 0 unspecified atom stereocenters. The number of aromatic hydroxyl groups is 2. The van der Waals surface area contributed by atoms with Crippen molar-refractivity contribution in [3.63, 3.8) is 0 Å². The largest absolute Gasteiger partial charge is 0.507 e. The quantitative estimate of drug-likeness (QED) is 0.625. The van der Waals surface area contributed by atoms with Crippen molar-refractivity contribution < 1.29 is 29.2 Å². The molecule has 2 aromatic rings. The zero-order chi connectivity index (χ0) is 17.7. The second kappa shape index (κ2) is 7.41. The van der Waals surface area contributed by atoms with Crippen LogP contribution in [0.4, 0.5) is 0 Å². The van der Waals surface area contributed by atoms with E-state index in [0.717, 1.165) is 0 Å². The molecule has 0 aliphatic carbocycles. The van der Waals surface area contributed by atoms with Gasteiger partial charge in [-0.25, -0.2) is 0 Å². The molecule has 6 heteroatoms. The van der Waals surface area contributed by atoms with Gasteiger partial charge in [0, 0.05) is 11.6 Å². The molecule has 2 aromatic carbocycles. The summed E-state index contributed by atoms with van der Waals surface area (Å²) in [6, 6.07) is 8.04. The number of carbonyl (C=O) groups is 1. The van der Waals surface area contributed by atoms with E-state index in [1.165, 1.54) is 45.6 Å². The van der Waals surface area contributed by atoms with Gasteiger partial charge in [0.15, 0.2) is 17.3 Å². The van der Waals surface area contributed by atoms with Crippen molar-refractivity contribution in [1.82, 2.24) is 0 Å². The summed E-state index contributed by atoms with van der Waals surface area (Å²) in [5.41, 5.74) is 0.423. The van der Waals surface area contributed by atoms with Gasteiger partial charge >= 0.3 is 0 Å². The van der Waals surface area contributed by atoms with E-state index in [2.05, 4.69) is 0 Å². The molecule has 0 fully saturated rings. The zero-order valence-electron chi connectivity index (χ0n) is 13.6. The standard InChI is InChI=1S/C18H18O6/c1-22-14-10-15(23-2)18(24-3)17(21)16(14)13(20)9-8-11-6-4-5-7-12(11)19/h4-10,19,21H,1-3H3/b9-8-. The van der Waals surface area contributed by atoms with Crippen LogP contribution in [-0.4, -0.2) is 37.3 Å². The van der Waals surface area contributed by atoms with Gasteiger partial charge in [-0.05, 0) is 18.2 Å². The highest BCUT2D eigenvalue weighted by Gasteiger charge is 2.23. The number of rotatable bonds is 6. The van der Waals surface area contributed by atoms with Crippen LogP contribution in [0.3, 0.4) is 0 Å². The molecule has 0 radical (unpaired) electrons. The van der Waals surface area contributed by atoms with Gasteiger partial charge in [0.2, 0.25) is 5.75 Å². The first kappa shape index (κ1) is 17.2. The van der Waals surface area contributed by atoms with Crippen LogP contribution >= 0.6 is 0 Å². The Kier molecular flexibility index (Phi) is 5.31. The number of hydrogen-bond acceptors (Lipinski definition) is 6. The lowest BCUT2D eigenvalue weighted by atomic mass is 10.0. The minimum Gasteiger partial charge on any atom is -0.507 e. The van der Waals surface area contributed by atoms with Crippen molar-refractivity contribution in [1.29, 1.82) is 0 Å². The molecular formula is C18H18O6. The van der Waals surface area contributed by atoms with E-state index < -0.39 is 5.78 Å². The summed E-state index contributed by atoms with van der Waals surface area (Å²) in [7, 11) is 4.15. The van der Waals surface area contributed by atoms with Gasteiger partial charge in [-0.3, -0.25) is 4.79 Å². The van der Waals surface area contributed by atoms with Crippen LogP contribution in [0.1, 0.15) is 15.9 Å². The molecule has 0 atom stereocenters. The van der Waals surface area contributed by atoms with Crippen LogP contribution in [0.2, 0.25) is 0 Å². The summed E-state index contributed by atoms with van der Waals surface area (Å²) in [6.07, 6.45) is 2.69. The Morgan fingerprint density at radius 1 is 1.00 bits per heavy atom. The van der Waals surface area contributed by atoms with Crippen LogP contribution in [0, 0.1) is 0 Å². The van der Waals surface area contributed by atoms with E-state index in [4.69, 9.17) is 14.2 Å². The molecule has 0 saturated carbocycles. The first-order chi connectivity index (χ1) is 11.5. The SMILES string of the molecule is COc1cc(OC)c(C(=O)/C=C\c2ccccc2O)c(O)c1OC. The van der Waals surface area contributed by atoms with Gasteiger partial charge in [0.25, 0.3) is 0 Å². The third-order valence-electron chi connectivity index (χ3n) is 3.43. The maximum Gasteiger partial charge on any atom is 0.204 e. The molecule has 2 rings (SSSR count). The summed E-state index contributed by atoms with van der Waals surface area (Å²) in [6.45, 7) is 0. The Labute approximate surface area is 139 Å². The van der Waals surface area contributed by atoms with Gasteiger partial charge in [-0.15, -0.1) is 0 Å². The molecule has 0 aromatic heterocycles. The number of ether oxygens (including phenoxy) is 3. The second-order valence-corrected chi connectivity index (χ2v) is 4.79. The number of phenols is 2. The van der Waals surface area contributed by atoms with Crippen LogP contribution in [0.25, 0.3) is 6.08 Å². The number of methoxy groups -OCH3 is 3. The fourth-order valence-electron chi connectivity index (χ4n) is 2.23. The maximum absolute atomic E-state index is 12.5. The monoisotopic (exact) mass is 330 g/mol. The minimum absolute atomic E-state index is 0.0395. The first-order valence-corrected chi connectivity index (χ1v) is 7.05. The molecule has 0 spiro atoms. The maximum atomic E-state index is 12.5. The van der Waals surface area contributed by atoms with Gasteiger partial charge in [0.1, 0.15) is 17.1 Å². The van der Waals surface area contributed by atoms with Crippen molar-refractivity contribution in [2.75, 3.05) is 21.3 Å². The lowest BCUT2D eigenvalue weighted by Gasteiger charge is -2.15. The average Bonchev–Trinajstić information content (AvgIpc) is 2.59. The van der Waals surface area contributed by atoms with E-state index in [1.807, 2.05) is 0 Å². The van der Waals surface area contributed by atoms with Crippen molar-refractivity contribution in [3.8, 4) is 28.7 Å². The van der Waals surface area contributed by atoms with Crippen LogP contribution in [0.15, 0.2) is 36.4 Å². The number of carbonyl (C=O) groups excluding carboxylic acids is 1. The van der Waals surface area contributed by atoms with E-state index in [-0.39, 0.29) is 34.3 Å². The van der Waals surface area contributed by atoms with Crippen molar-refractivity contribution in [2.45, 2.75) is 0 Å². The van der Waals surface area contributed by atoms with Crippen LogP contribution in [-0.2, 0) is 0 Å². The first-order valence-electron chi connectivity index (χ1n) is 7.05. The van der Waals surface area contributed by atoms with Crippen LogP contribution in [0.5, 0.6) is 28.7 Å². The molecule has 0 aliphatic heterocycles. The summed E-state index contributed by atoms with van der Waals surface area (Å²) < 4.78 is 15.4. The Morgan fingerprint density at radius 3 is 2.25 bits per heavy atom. The van der Waals surface area contributed by atoms with E-state index >= 15 is 0 Å². The Hall–Kier alpha value is -3.15. The Bertz CT molecular complexity index is 779. The fourth-order valence-corrected chi connectivity index (χ4v) is 2.23. The summed E-state index contributed by atoms with van der Waals surface area (Å²) in [5, 5.41) is 20.1. The highest BCUT2D eigenvalue weighted by Crippen LogP contribution is 2.44. The van der Waals surface area contributed by atoms with Crippen molar-refractivity contribution in [2.24, 2.45) is 0 Å². The number of hydrogen-bond donors (Lipinski definition) is 2. The van der Waals surface area contributed by atoms with E-state index in [1.54, 1.807) is 18.2 Å².